The lowest BCUT2D eigenvalue weighted by Crippen LogP contribution is -2.34. The van der Waals surface area contributed by atoms with Crippen LogP contribution in [-0.4, -0.2) is 25.6 Å². The van der Waals surface area contributed by atoms with E-state index in [0.29, 0.717) is 18.8 Å². The number of nitrogens with two attached hydrogens (primary N) is 1. The maximum absolute atomic E-state index is 12.9. The first-order valence-electron chi connectivity index (χ1n) is 5.57. The van der Waals surface area contributed by atoms with Crippen molar-refractivity contribution in [2.75, 3.05) is 19.7 Å². The van der Waals surface area contributed by atoms with E-state index in [1.807, 2.05) is 6.92 Å². The van der Waals surface area contributed by atoms with Gasteiger partial charge >= 0.3 is 0 Å². The van der Waals surface area contributed by atoms with Gasteiger partial charge in [-0.1, -0.05) is 18.5 Å². The second kappa shape index (κ2) is 8.96. The number of hydrogen-bond acceptors (Lipinski definition) is 3. The fourth-order valence-corrected chi connectivity index (χ4v) is 1.31. The maximum atomic E-state index is 12.9. The van der Waals surface area contributed by atoms with Gasteiger partial charge in [0, 0.05) is 12.6 Å². The minimum absolute atomic E-state index is 0. The maximum Gasteiger partial charge on any atom is 0.257 e. The third-order valence-electron chi connectivity index (χ3n) is 2.31. The summed E-state index contributed by atoms with van der Waals surface area (Å²) in [6.45, 7) is 2.80. The largest absolute Gasteiger partial charge is 0.484 e. The summed E-state index contributed by atoms with van der Waals surface area (Å²) in [5.41, 5.74) is 5.42. The quantitative estimate of drug-likeness (QED) is 0.844. The van der Waals surface area contributed by atoms with Crippen LogP contribution < -0.4 is 15.8 Å². The summed E-state index contributed by atoms with van der Waals surface area (Å²) in [5, 5.41) is 2.64. The van der Waals surface area contributed by atoms with Crippen LogP contribution in [0.3, 0.4) is 0 Å². The molecule has 0 saturated heterocycles. The van der Waals surface area contributed by atoms with E-state index in [0.717, 1.165) is 0 Å². The normalized spacial score (nSPS) is 11.4. The Hall–Kier alpha value is -1.04. The molecule has 1 amide bonds. The molecule has 0 aliphatic rings. The highest BCUT2D eigenvalue weighted by molar-refractivity contribution is 6.30. The Bertz CT molecular complexity index is 419. The van der Waals surface area contributed by atoms with Gasteiger partial charge in [0.05, 0.1) is 5.02 Å². The molecule has 0 bridgehead atoms. The second-order valence-electron chi connectivity index (χ2n) is 4.01. The zero-order valence-corrected chi connectivity index (χ0v) is 12.1. The number of carbonyl (C=O) groups excluding carboxylic acids is 1. The Labute approximate surface area is 122 Å². The second-order valence-corrected chi connectivity index (χ2v) is 4.42. The predicted octanol–water partition coefficient (Wildman–Crippen LogP) is 1.99. The smallest absolute Gasteiger partial charge is 0.257 e. The molecule has 0 saturated carbocycles. The van der Waals surface area contributed by atoms with Crippen molar-refractivity contribution in [2.45, 2.75) is 6.92 Å². The third kappa shape index (κ3) is 6.61. The van der Waals surface area contributed by atoms with Gasteiger partial charge < -0.3 is 15.8 Å². The molecule has 1 aromatic rings. The molecule has 1 unspecified atom stereocenters. The zero-order valence-electron chi connectivity index (χ0n) is 10.5. The van der Waals surface area contributed by atoms with Crippen LogP contribution in [0, 0.1) is 11.7 Å². The van der Waals surface area contributed by atoms with Crippen LogP contribution in [0.1, 0.15) is 6.92 Å². The van der Waals surface area contributed by atoms with Gasteiger partial charge in [0.2, 0.25) is 0 Å². The Balaban J connectivity index is 0.00000324. The standard InChI is InChI=1S/C12H16ClFN2O2.ClH/c1-8(5-15)6-16-12(17)7-18-9-2-3-11(14)10(13)4-9;/h2-4,8H,5-7,15H2,1H3,(H,16,17);1H. The molecule has 1 rings (SSSR count). The average Bonchev–Trinajstić information content (AvgIpc) is 2.37. The van der Waals surface area contributed by atoms with Gasteiger partial charge in [-0.3, -0.25) is 4.79 Å². The Morgan fingerprint density at radius 3 is 2.84 bits per heavy atom. The summed E-state index contributed by atoms with van der Waals surface area (Å²) >= 11 is 5.58. The highest BCUT2D eigenvalue weighted by Crippen LogP contribution is 2.20. The van der Waals surface area contributed by atoms with Crippen molar-refractivity contribution in [3.63, 3.8) is 0 Å². The average molecular weight is 311 g/mol. The number of carbonyl (C=O) groups is 1. The van der Waals surface area contributed by atoms with E-state index in [-0.39, 0.29) is 35.9 Å². The number of hydrogen-bond donors (Lipinski definition) is 2. The highest BCUT2D eigenvalue weighted by Gasteiger charge is 2.06. The molecule has 1 aromatic carbocycles. The van der Waals surface area contributed by atoms with Crippen LogP contribution in [-0.2, 0) is 4.79 Å². The van der Waals surface area contributed by atoms with Crippen LogP contribution in [0.2, 0.25) is 5.02 Å². The number of nitrogens with one attached hydrogen (secondary N) is 1. The summed E-state index contributed by atoms with van der Waals surface area (Å²) in [6.07, 6.45) is 0. The minimum Gasteiger partial charge on any atom is -0.484 e. The topological polar surface area (TPSA) is 64.3 Å². The lowest BCUT2D eigenvalue weighted by atomic mass is 10.2. The third-order valence-corrected chi connectivity index (χ3v) is 2.60. The van der Waals surface area contributed by atoms with Crippen LogP contribution in [0.5, 0.6) is 5.75 Å². The number of benzene rings is 1. The minimum atomic E-state index is -0.523. The number of rotatable bonds is 6. The van der Waals surface area contributed by atoms with Crippen molar-refractivity contribution in [3.05, 3.63) is 29.0 Å². The van der Waals surface area contributed by atoms with Gasteiger partial charge in [0.25, 0.3) is 5.91 Å². The van der Waals surface area contributed by atoms with Gasteiger partial charge in [0.15, 0.2) is 6.61 Å². The SMILES string of the molecule is CC(CN)CNC(=O)COc1ccc(F)c(Cl)c1.Cl. The molecule has 0 fully saturated rings. The van der Waals surface area contributed by atoms with Crippen molar-refractivity contribution in [1.29, 1.82) is 0 Å². The number of ether oxygens (including phenoxy) is 1. The number of halogens is 3. The molecule has 19 heavy (non-hydrogen) atoms. The molecule has 0 radical (unpaired) electrons. The predicted molar refractivity (Wildman–Crippen MR) is 75.4 cm³/mol. The van der Waals surface area contributed by atoms with E-state index >= 15 is 0 Å². The Morgan fingerprint density at radius 2 is 2.26 bits per heavy atom. The van der Waals surface area contributed by atoms with Crippen LogP contribution in [0.4, 0.5) is 4.39 Å². The molecule has 0 aromatic heterocycles. The first-order chi connectivity index (χ1) is 8.52. The van der Waals surface area contributed by atoms with Crippen molar-refractivity contribution < 1.29 is 13.9 Å². The summed E-state index contributed by atoms with van der Waals surface area (Å²) < 4.78 is 18.0. The lowest BCUT2D eigenvalue weighted by molar-refractivity contribution is -0.123. The fourth-order valence-electron chi connectivity index (χ4n) is 1.14. The molecule has 108 valence electrons. The molecule has 0 aliphatic carbocycles. The van der Waals surface area contributed by atoms with E-state index < -0.39 is 5.82 Å². The fraction of sp³-hybridized carbons (Fsp3) is 0.417. The van der Waals surface area contributed by atoms with E-state index in [4.69, 9.17) is 22.1 Å². The molecule has 7 heteroatoms. The zero-order chi connectivity index (χ0) is 13.5. The van der Waals surface area contributed by atoms with Gasteiger partial charge in [-0.25, -0.2) is 4.39 Å². The van der Waals surface area contributed by atoms with Gasteiger partial charge in [-0.15, -0.1) is 12.4 Å². The van der Waals surface area contributed by atoms with E-state index in [1.54, 1.807) is 0 Å². The lowest BCUT2D eigenvalue weighted by Gasteiger charge is -2.11. The molecule has 3 N–H and O–H groups in total. The van der Waals surface area contributed by atoms with Crippen molar-refractivity contribution in [1.82, 2.24) is 5.32 Å². The number of amides is 1. The molecule has 0 aliphatic heterocycles. The van der Waals surface area contributed by atoms with E-state index in [9.17, 15) is 9.18 Å². The van der Waals surface area contributed by atoms with Crippen LogP contribution in [0.15, 0.2) is 18.2 Å². The summed E-state index contributed by atoms with van der Waals surface area (Å²) in [7, 11) is 0. The van der Waals surface area contributed by atoms with Crippen molar-refractivity contribution in [3.8, 4) is 5.75 Å². The van der Waals surface area contributed by atoms with Crippen LogP contribution >= 0.6 is 24.0 Å². The molecule has 0 spiro atoms. The summed E-state index contributed by atoms with van der Waals surface area (Å²) in [4.78, 5) is 11.4. The van der Waals surface area contributed by atoms with Gasteiger partial charge in [-0.2, -0.15) is 0 Å². The summed E-state index contributed by atoms with van der Waals surface area (Å²) in [6, 6.07) is 3.93. The first-order valence-corrected chi connectivity index (χ1v) is 5.95. The Kier molecular flexibility index (Phi) is 8.47. The van der Waals surface area contributed by atoms with Gasteiger partial charge in [-0.05, 0) is 24.6 Å². The van der Waals surface area contributed by atoms with E-state index in [1.165, 1.54) is 18.2 Å². The summed E-state index contributed by atoms with van der Waals surface area (Å²) in [5.74, 6) is -0.210. The molecular weight excluding hydrogens is 294 g/mol. The van der Waals surface area contributed by atoms with Crippen LogP contribution in [0.25, 0.3) is 0 Å². The van der Waals surface area contributed by atoms with Gasteiger partial charge in [0.1, 0.15) is 11.6 Å². The first kappa shape index (κ1) is 18.0. The molecular formula is C12H17Cl2FN2O2. The van der Waals surface area contributed by atoms with E-state index in [2.05, 4.69) is 5.32 Å². The molecule has 4 nitrogen and oxygen atoms in total. The molecule has 0 heterocycles. The monoisotopic (exact) mass is 310 g/mol. The molecule has 1 atom stereocenters. The van der Waals surface area contributed by atoms with Crippen molar-refractivity contribution in [2.24, 2.45) is 11.7 Å². The highest BCUT2D eigenvalue weighted by atomic mass is 35.5. The Morgan fingerprint density at radius 1 is 1.58 bits per heavy atom. The van der Waals surface area contributed by atoms with Crippen molar-refractivity contribution >= 4 is 29.9 Å².